The minimum Gasteiger partial charge on any atom is -0.464 e. The fourth-order valence-corrected chi connectivity index (χ4v) is 15.9. The van der Waals surface area contributed by atoms with Crippen molar-refractivity contribution >= 4 is 46.4 Å². The van der Waals surface area contributed by atoms with E-state index >= 15 is 9.59 Å². The Morgan fingerprint density at radius 2 is 1.73 bits per heavy atom. The van der Waals surface area contributed by atoms with Crippen molar-refractivity contribution in [1.82, 2.24) is 45.2 Å². The quantitative estimate of drug-likeness (QED) is 0.156. The second kappa shape index (κ2) is 22.5. The predicted octanol–water partition coefficient (Wildman–Crippen LogP) is 5.82. The molecule has 9 heterocycles. The molecule has 3 amide bonds. The molecule has 8 fully saturated rings. The van der Waals surface area contributed by atoms with Crippen LogP contribution in [-0.4, -0.2) is 193 Å². The molecule has 17 heteroatoms. The number of benzene rings is 2. The molecule has 6 saturated heterocycles. The number of aromatic nitrogens is 1. The van der Waals surface area contributed by atoms with Crippen LogP contribution in [0.1, 0.15) is 115 Å². The van der Waals surface area contributed by atoms with Crippen LogP contribution in [0.2, 0.25) is 0 Å². The van der Waals surface area contributed by atoms with Crippen LogP contribution >= 0.6 is 0 Å². The molecule has 8 aliphatic heterocycles. The standard InChI is InChI=1S/C64H88N10O7/c1-6-73-53-20-19-45-30-48(53)50(58(73)49-31-46(33-65-54(49)40(2)79-5)70-25-24-69-26-27-80-35-47(69)34-70)32-63(3,4)39-81-62(78)51-16-10-23-74(68-51)60(76)52(29-41-12-9-15-44(45)28-41)66-59(75)57(43-13-7-8-14-43)71-22-11-21-64(36-71)37-72(38-64)61(77)56-55(67-56)42-17-18-42/h9,12,15,19-20,28,30,33,40,42-43,46-47,51-52,55-57,67-68H,6-8,10-11,13-14,16-18,21-27,29,31-32,34-39H2,1-5H3,(H,66,75)/t40-,46+,47-,51-,52-,55+,56+,57-/m0/s1. The van der Waals surface area contributed by atoms with Crippen molar-refractivity contribution in [2.45, 2.75) is 166 Å². The van der Waals surface area contributed by atoms with Crippen LogP contribution in [0.3, 0.4) is 0 Å². The van der Waals surface area contributed by atoms with Crippen molar-refractivity contribution in [3.05, 3.63) is 65.0 Å². The number of piperazine rings is 1. The first kappa shape index (κ1) is 55.2. The fourth-order valence-electron chi connectivity index (χ4n) is 15.9. The molecule has 6 bridgehead atoms. The van der Waals surface area contributed by atoms with Crippen molar-refractivity contribution < 1.29 is 33.4 Å². The number of cyclic esters (lactones) is 1. The Hall–Kier alpha value is -5.01. The molecule has 8 atom stereocenters. The molecule has 1 spiro atoms. The number of hydrogen-bond donors (Lipinski definition) is 3. The molecular weight excluding hydrogens is 1020 g/mol. The molecule has 2 saturated carbocycles. The number of nitrogens with one attached hydrogen (secondary N) is 3. The predicted molar refractivity (Wildman–Crippen MR) is 312 cm³/mol. The van der Waals surface area contributed by atoms with Crippen molar-refractivity contribution in [2.75, 3.05) is 85.8 Å². The van der Waals surface area contributed by atoms with Crippen LogP contribution in [0.4, 0.5) is 0 Å². The zero-order chi connectivity index (χ0) is 55.7. The van der Waals surface area contributed by atoms with E-state index in [1.54, 1.807) is 12.1 Å². The normalized spacial score (nSPS) is 30.2. The Labute approximate surface area is 478 Å². The summed E-state index contributed by atoms with van der Waals surface area (Å²) in [5.74, 6) is 0.352. The lowest BCUT2D eigenvalue weighted by molar-refractivity contribution is -0.155. The maximum absolute atomic E-state index is 15.4. The van der Waals surface area contributed by atoms with Crippen molar-refractivity contribution in [3.63, 3.8) is 0 Å². The monoisotopic (exact) mass is 1110 g/mol. The van der Waals surface area contributed by atoms with Gasteiger partial charge in [0.1, 0.15) is 18.1 Å². The summed E-state index contributed by atoms with van der Waals surface area (Å²) in [6, 6.07) is 14.1. The maximum atomic E-state index is 15.4. The van der Waals surface area contributed by atoms with Crippen LogP contribution in [0.5, 0.6) is 0 Å². The number of amides is 3. The number of carbonyl (C=O) groups is 4. The number of piperidine rings is 1. The van der Waals surface area contributed by atoms with Gasteiger partial charge in [0.2, 0.25) is 11.8 Å². The van der Waals surface area contributed by atoms with Crippen LogP contribution in [-0.2, 0) is 52.8 Å². The summed E-state index contributed by atoms with van der Waals surface area (Å²) >= 11 is 0. The summed E-state index contributed by atoms with van der Waals surface area (Å²) in [5, 5.41) is 9.61. The number of hydrogen-bond acceptors (Lipinski definition) is 13. The lowest BCUT2D eigenvalue weighted by Crippen LogP contribution is -2.68. The highest BCUT2D eigenvalue weighted by Gasteiger charge is 2.57. The van der Waals surface area contributed by atoms with Crippen molar-refractivity contribution in [2.24, 2.45) is 27.7 Å². The average molecular weight is 1110 g/mol. The van der Waals surface area contributed by atoms with Gasteiger partial charge in [-0.1, -0.05) is 57.0 Å². The van der Waals surface area contributed by atoms with Crippen molar-refractivity contribution in [1.29, 1.82) is 0 Å². The number of rotatable bonds is 11. The van der Waals surface area contributed by atoms with Gasteiger partial charge in [-0.25, -0.2) is 5.43 Å². The third kappa shape index (κ3) is 11.1. The molecule has 1 aromatic heterocycles. The topological polar surface area (TPSA) is 175 Å². The minimum absolute atomic E-state index is 0.0220. The molecule has 436 valence electrons. The third-order valence-corrected chi connectivity index (χ3v) is 20.4. The van der Waals surface area contributed by atoms with Crippen LogP contribution in [0.25, 0.3) is 27.6 Å². The molecule has 3 aromatic rings. The van der Waals surface area contributed by atoms with Gasteiger partial charge in [0.15, 0.2) is 0 Å². The fraction of sp³-hybridized carbons (Fsp3) is 0.672. The van der Waals surface area contributed by atoms with E-state index < -0.39 is 17.5 Å². The summed E-state index contributed by atoms with van der Waals surface area (Å²) < 4.78 is 20.9. The third-order valence-electron chi connectivity index (χ3n) is 20.4. The summed E-state index contributed by atoms with van der Waals surface area (Å²) in [6.07, 6.45) is 13.3. The van der Waals surface area contributed by atoms with Crippen molar-refractivity contribution in [3.8, 4) is 11.1 Å². The number of morpholine rings is 1. The Morgan fingerprint density at radius 3 is 2.53 bits per heavy atom. The molecule has 2 aromatic carbocycles. The van der Waals surface area contributed by atoms with Gasteiger partial charge in [0.05, 0.1) is 43.4 Å². The second-order valence-electron chi connectivity index (χ2n) is 26.8. The number of esters is 1. The lowest BCUT2D eigenvalue weighted by Gasteiger charge is -2.56. The van der Waals surface area contributed by atoms with Gasteiger partial charge < -0.3 is 29.0 Å². The van der Waals surface area contributed by atoms with E-state index in [9.17, 15) is 9.59 Å². The number of carbonyl (C=O) groups excluding carboxylic acids is 4. The van der Waals surface area contributed by atoms with Gasteiger partial charge in [-0.15, -0.1) is 0 Å². The summed E-state index contributed by atoms with van der Waals surface area (Å²) in [5.41, 5.74) is 11.5. The summed E-state index contributed by atoms with van der Waals surface area (Å²) in [4.78, 5) is 73.4. The van der Waals surface area contributed by atoms with Crippen LogP contribution in [0.15, 0.2) is 53.2 Å². The number of fused-ring (bicyclic) bond motifs is 7. The van der Waals surface area contributed by atoms with E-state index in [1.165, 1.54) is 29.7 Å². The van der Waals surface area contributed by atoms with Gasteiger partial charge in [-0.05, 0) is 131 Å². The Bertz CT molecular complexity index is 2960. The van der Waals surface area contributed by atoms with Gasteiger partial charge in [-0.2, -0.15) is 0 Å². The number of aryl methyl sites for hydroxylation is 1. The van der Waals surface area contributed by atoms with E-state index in [0.29, 0.717) is 43.8 Å². The molecule has 10 aliphatic rings. The molecule has 13 rings (SSSR count). The zero-order valence-electron chi connectivity index (χ0n) is 48.8. The summed E-state index contributed by atoms with van der Waals surface area (Å²) in [6.45, 7) is 18.5. The highest BCUT2D eigenvalue weighted by molar-refractivity contribution is 5.96. The first-order valence-corrected chi connectivity index (χ1v) is 31.2. The van der Waals surface area contributed by atoms with Crippen LogP contribution < -0.4 is 16.1 Å². The molecule has 2 aliphatic carbocycles. The van der Waals surface area contributed by atoms with E-state index in [0.717, 1.165) is 150 Å². The first-order chi connectivity index (χ1) is 39.3. The number of nitrogens with zero attached hydrogens (tertiary/aromatic N) is 7. The Kier molecular flexibility index (Phi) is 15.4. The second-order valence-corrected chi connectivity index (χ2v) is 26.8. The minimum atomic E-state index is -0.896. The maximum Gasteiger partial charge on any atom is 0.324 e. The van der Waals surface area contributed by atoms with Gasteiger partial charge in [-0.3, -0.25) is 49.2 Å². The van der Waals surface area contributed by atoms with Gasteiger partial charge >= 0.3 is 5.97 Å². The highest BCUT2D eigenvalue weighted by Crippen LogP contribution is 2.46. The van der Waals surface area contributed by atoms with E-state index in [1.807, 2.05) is 0 Å². The largest absolute Gasteiger partial charge is 0.464 e. The Morgan fingerprint density at radius 1 is 0.914 bits per heavy atom. The van der Waals surface area contributed by atoms with E-state index in [2.05, 4.69) is 117 Å². The highest BCUT2D eigenvalue weighted by atomic mass is 16.5. The van der Waals surface area contributed by atoms with Crippen LogP contribution in [0, 0.1) is 22.7 Å². The SMILES string of the molecule is CCn1c(C2=C([C@H](C)OC)N=C[C@H](N3CCN4CCOC[C@@H]4C3)C2)c2c3cc(ccc31)-c1cccc(c1)C[C@H](NC(=O)[C@H](C1CCCC1)N1CCCC3(CN(C(=O)[C@@H]4N[C@@H]4C4CC4)C3)C1)C(=O)N1CCC[C@H](N1)C(=O)OCC(C)(C)C2. The first-order valence-electron chi connectivity index (χ1n) is 31.2. The number of ether oxygens (including phenoxy) is 3. The molecule has 3 N–H and O–H groups in total. The zero-order valence-corrected chi connectivity index (χ0v) is 48.8. The molecule has 0 radical (unpaired) electrons. The average Bonchev–Trinajstić information content (AvgIpc) is 3.93. The molecule has 17 nitrogen and oxygen atoms in total. The molecule has 81 heavy (non-hydrogen) atoms. The van der Waals surface area contributed by atoms with E-state index in [-0.39, 0.29) is 72.3 Å². The Balaban J connectivity index is 0.827. The number of likely N-dealkylation sites (tertiary alicyclic amines) is 2. The van der Waals surface area contributed by atoms with Gasteiger partial charge in [0, 0.05) is 124 Å². The molecule has 0 unspecified atom stereocenters. The van der Waals surface area contributed by atoms with E-state index in [4.69, 9.17) is 19.2 Å². The summed E-state index contributed by atoms with van der Waals surface area (Å²) in [7, 11) is 1.76. The smallest absolute Gasteiger partial charge is 0.324 e. The number of hydrazine groups is 1. The number of aliphatic imine (C=N–C) groups is 1. The molecular formula is C64H88N10O7. The van der Waals surface area contributed by atoms with Gasteiger partial charge in [0.25, 0.3) is 5.91 Å². The number of methoxy groups -OCH3 is 1. The lowest BCUT2D eigenvalue weighted by atomic mass is 9.72.